The van der Waals surface area contributed by atoms with Crippen LogP contribution in [-0.2, 0) is 13.6 Å². The Labute approximate surface area is 286 Å². The number of benzene rings is 4. The largest absolute Gasteiger partial charge is 1.00 e. The second-order valence-electron chi connectivity index (χ2n) is 9.33. The predicted molar refractivity (Wildman–Crippen MR) is 166 cm³/mol. The van der Waals surface area contributed by atoms with Gasteiger partial charge in [0.25, 0.3) is 0 Å². The Morgan fingerprint density at radius 2 is 0.932 bits per heavy atom. The van der Waals surface area contributed by atoms with Crippen molar-refractivity contribution in [3.05, 3.63) is 95.1 Å². The maximum absolute atomic E-state index is 13.8. The molecule has 0 saturated heterocycles. The second kappa shape index (κ2) is 13.6. The van der Waals surface area contributed by atoms with Crippen LogP contribution in [0.4, 0.5) is 0 Å². The molecule has 8 nitrogen and oxygen atoms in total. The molecule has 0 aromatic heterocycles. The van der Waals surface area contributed by atoms with Crippen LogP contribution in [0.3, 0.4) is 0 Å². The fraction of sp³-hybridized carbons (Fsp3) is 0.125. The van der Waals surface area contributed by atoms with Gasteiger partial charge in [0, 0.05) is 30.7 Å². The normalized spacial score (nSPS) is 13.1. The van der Waals surface area contributed by atoms with E-state index < -0.39 is 7.82 Å². The van der Waals surface area contributed by atoms with E-state index in [0.717, 1.165) is 30.7 Å². The molecule has 6 rings (SSSR count). The molecule has 2 heterocycles. The third kappa shape index (κ3) is 6.53. The van der Waals surface area contributed by atoms with Crippen molar-refractivity contribution >= 4 is 55.0 Å². The molecule has 0 bridgehead atoms. The Kier molecular flexibility index (Phi) is 10.0. The van der Waals surface area contributed by atoms with Crippen LogP contribution in [0.25, 0.3) is 23.7 Å². The minimum atomic E-state index is -5.04. The van der Waals surface area contributed by atoms with Gasteiger partial charge in [-0.25, -0.2) is 4.57 Å². The van der Waals surface area contributed by atoms with Crippen molar-refractivity contribution in [1.29, 1.82) is 0 Å². The summed E-state index contributed by atoms with van der Waals surface area (Å²) in [7, 11) is 1.09. The number of phosphoric ester groups is 1. The standard InChI is InChI=1S/C32H27O8PS2.Na/c1-35-25-15-21-23(13-19-9-5-7-11-29(19)42-31(21)17-27(25)37-3)39-41(33,34)40-24-14-20-10-6-8-12-30(20)43-32-18-28(38-4)26(36-2)16-22(24)32;/h5-18H,1-4H3,(H,33,34);/q;+1/p-1. The van der Waals surface area contributed by atoms with E-state index in [0.29, 0.717) is 34.1 Å². The van der Waals surface area contributed by atoms with Crippen molar-refractivity contribution in [3.8, 4) is 23.0 Å². The molecule has 0 atom stereocenters. The summed E-state index contributed by atoms with van der Waals surface area (Å²) < 4.78 is 47.4. The van der Waals surface area contributed by atoms with Gasteiger partial charge in [-0.2, -0.15) is 0 Å². The van der Waals surface area contributed by atoms with Gasteiger partial charge in [0.2, 0.25) is 0 Å². The van der Waals surface area contributed by atoms with E-state index in [4.69, 9.17) is 28.0 Å². The van der Waals surface area contributed by atoms with E-state index in [1.165, 1.54) is 37.7 Å². The van der Waals surface area contributed by atoms with Gasteiger partial charge < -0.3 is 32.9 Å². The van der Waals surface area contributed by atoms with E-state index in [1.807, 2.05) is 48.5 Å². The molecular formula is C32H26NaO8PS2. The molecule has 0 spiro atoms. The van der Waals surface area contributed by atoms with Crippen LogP contribution in [0, 0.1) is 0 Å². The summed E-state index contributed by atoms with van der Waals surface area (Å²) in [5.41, 5.74) is 2.61. The van der Waals surface area contributed by atoms with E-state index in [9.17, 15) is 9.46 Å². The van der Waals surface area contributed by atoms with Gasteiger partial charge in [-0.1, -0.05) is 59.9 Å². The molecule has 2 aliphatic heterocycles. The zero-order valence-corrected chi connectivity index (χ0v) is 29.1. The van der Waals surface area contributed by atoms with Gasteiger partial charge in [0.05, 0.1) is 28.4 Å². The molecule has 0 fully saturated rings. The van der Waals surface area contributed by atoms with Gasteiger partial charge in [0.1, 0.15) is 11.5 Å². The zero-order valence-electron chi connectivity index (χ0n) is 24.6. The number of hydrogen-bond donors (Lipinski definition) is 0. The topological polar surface area (TPSA) is 95.5 Å². The number of fused-ring (bicyclic) bond motifs is 4. The first-order valence-electron chi connectivity index (χ1n) is 13.0. The van der Waals surface area contributed by atoms with Crippen molar-refractivity contribution in [2.45, 2.75) is 19.6 Å². The summed E-state index contributed by atoms with van der Waals surface area (Å²) in [5, 5.41) is 0. The minimum absolute atomic E-state index is 0. The molecule has 12 heteroatoms. The average Bonchev–Trinajstić information content (AvgIpc) is 3.25. The number of phosphoric acid groups is 1. The Morgan fingerprint density at radius 1 is 0.568 bits per heavy atom. The molecular weight excluding hydrogens is 630 g/mol. The van der Waals surface area contributed by atoms with Crippen LogP contribution in [-0.4, -0.2) is 28.4 Å². The first-order valence-corrected chi connectivity index (χ1v) is 16.1. The summed E-state index contributed by atoms with van der Waals surface area (Å²) >= 11 is 2.94. The van der Waals surface area contributed by atoms with Gasteiger partial charge in [-0.3, -0.25) is 0 Å². The third-order valence-corrected chi connectivity index (χ3v) is 9.91. The summed E-state index contributed by atoms with van der Waals surface area (Å²) in [6.07, 6.45) is 3.37. The molecule has 2 aliphatic rings. The van der Waals surface area contributed by atoms with Crippen molar-refractivity contribution in [1.82, 2.24) is 0 Å². The third-order valence-electron chi connectivity index (χ3n) is 6.77. The monoisotopic (exact) mass is 656 g/mol. The maximum Gasteiger partial charge on any atom is 1.00 e. The molecule has 0 unspecified atom stereocenters. The van der Waals surface area contributed by atoms with Gasteiger partial charge in [-0.15, -0.1) is 0 Å². The zero-order chi connectivity index (χ0) is 30.1. The minimum Gasteiger partial charge on any atom is -0.736 e. The number of ether oxygens (including phenoxy) is 4. The SMILES string of the molecule is COc1cc2c(cc1OC)C(OP(=O)([O-])OC1=Cc3ccccc3Sc3cc(OC)c(OC)cc31)=Cc1ccccc1S2.[Na+]. The summed E-state index contributed by atoms with van der Waals surface area (Å²) in [6.45, 7) is 0. The van der Waals surface area contributed by atoms with Crippen LogP contribution < -0.4 is 53.4 Å². The van der Waals surface area contributed by atoms with Crippen LogP contribution in [0.5, 0.6) is 23.0 Å². The number of rotatable bonds is 8. The van der Waals surface area contributed by atoms with Crippen LogP contribution in [0.1, 0.15) is 22.3 Å². The molecule has 0 amide bonds. The summed E-state index contributed by atoms with van der Waals surface area (Å²) in [6, 6.07) is 22.3. The Hall–Kier alpha value is -2.95. The van der Waals surface area contributed by atoms with Crippen LogP contribution in [0.15, 0.2) is 92.4 Å². The van der Waals surface area contributed by atoms with E-state index in [2.05, 4.69) is 0 Å². The van der Waals surface area contributed by atoms with Crippen LogP contribution >= 0.6 is 31.3 Å². The number of hydrogen-bond acceptors (Lipinski definition) is 10. The molecule has 4 aromatic carbocycles. The predicted octanol–water partition coefficient (Wildman–Crippen LogP) is 4.85. The van der Waals surface area contributed by atoms with Gasteiger partial charge in [0.15, 0.2) is 23.0 Å². The summed E-state index contributed by atoms with van der Waals surface area (Å²) in [5.74, 6) is 2.05. The van der Waals surface area contributed by atoms with E-state index in [-0.39, 0.29) is 41.1 Å². The average molecular weight is 657 g/mol. The molecule has 4 aromatic rings. The van der Waals surface area contributed by atoms with Crippen molar-refractivity contribution < 1.29 is 67.0 Å². The Bertz CT molecular complexity index is 1710. The Balaban J connectivity index is 0.00000384. The second-order valence-corrected chi connectivity index (χ2v) is 12.8. The molecule has 0 saturated carbocycles. The molecule has 0 radical (unpaired) electrons. The van der Waals surface area contributed by atoms with Crippen molar-refractivity contribution in [2.24, 2.45) is 0 Å². The summed E-state index contributed by atoms with van der Waals surface area (Å²) in [4.78, 5) is 17.1. The van der Waals surface area contributed by atoms with Crippen molar-refractivity contribution in [2.75, 3.05) is 28.4 Å². The van der Waals surface area contributed by atoms with Crippen LogP contribution in [0.2, 0.25) is 0 Å². The van der Waals surface area contributed by atoms with Gasteiger partial charge in [-0.05, 0) is 59.7 Å². The van der Waals surface area contributed by atoms with E-state index >= 15 is 0 Å². The molecule has 0 N–H and O–H groups in total. The smallest absolute Gasteiger partial charge is 0.736 e. The fourth-order valence-corrected chi connectivity index (χ4v) is 7.69. The van der Waals surface area contributed by atoms with E-state index in [1.54, 1.807) is 50.6 Å². The van der Waals surface area contributed by atoms with Gasteiger partial charge >= 0.3 is 37.4 Å². The first-order chi connectivity index (χ1) is 20.8. The molecule has 220 valence electrons. The van der Waals surface area contributed by atoms with Crippen molar-refractivity contribution in [3.63, 3.8) is 0 Å². The Morgan fingerprint density at radius 3 is 1.32 bits per heavy atom. The molecule has 0 aliphatic carbocycles. The quantitative estimate of drug-likeness (QED) is 0.194. The molecule has 44 heavy (non-hydrogen) atoms. The first kappa shape index (κ1) is 32.4. The maximum atomic E-state index is 13.8. The number of methoxy groups -OCH3 is 4. The fourth-order valence-electron chi connectivity index (χ4n) is 4.75.